The Hall–Kier alpha value is -3.29. The predicted octanol–water partition coefficient (Wildman–Crippen LogP) is 2.72. The van der Waals surface area contributed by atoms with Gasteiger partial charge in [-0.15, -0.1) is 0 Å². The van der Waals surface area contributed by atoms with Crippen molar-refractivity contribution in [1.29, 1.82) is 0 Å². The summed E-state index contributed by atoms with van der Waals surface area (Å²) in [6.45, 7) is 0.504. The molecule has 1 fully saturated rings. The van der Waals surface area contributed by atoms with E-state index in [1.165, 1.54) is 12.0 Å². The Balaban J connectivity index is 1.79. The highest BCUT2D eigenvalue weighted by atomic mass is 16.6. The fourth-order valence-electron chi connectivity index (χ4n) is 3.26. The molecule has 0 aromatic heterocycles. The van der Waals surface area contributed by atoms with Crippen molar-refractivity contribution < 1.29 is 29.0 Å². The first kappa shape index (κ1) is 19.5. The van der Waals surface area contributed by atoms with E-state index in [0.29, 0.717) is 30.8 Å². The van der Waals surface area contributed by atoms with E-state index in [2.05, 4.69) is 10.1 Å². The Morgan fingerprint density at radius 1 is 1.18 bits per heavy atom. The maximum atomic E-state index is 12.6. The first-order chi connectivity index (χ1) is 13.5. The number of fused-ring (bicyclic) bond motifs is 1. The first-order valence-electron chi connectivity index (χ1n) is 8.99. The molecule has 8 nitrogen and oxygen atoms in total. The molecule has 0 aliphatic carbocycles. The molecular weight excluding hydrogens is 364 g/mol. The number of rotatable bonds is 5. The summed E-state index contributed by atoms with van der Waals surface area (Å²) in [5.41, 5.74) is 0.587. The van der Waals surface area contributed by atoms with Crippen LogP contribution in [0.4, 0.5) is 10.5 Å². The second kappa shape index (κ2) is 8.60. The van der Waals surface area contributed by atoms with Gasteiger partial charge >= 0.3 is 18.0 Å². The van der Waals surface area contributed by atoms with E-state index in [1.54, 1.807) is 12.1 Å². The Labute approximate surface area is 162 Å². The number of carboxylic acid groups (broad SMARTS) is 1. The highest BCUT2D eigenvalue weighted by molar-refractivity contribution is 6.04. The molecule has 1 aliphatic heterocycles. The van der Waals surface area contributed by atoms with Gasteiger partial charge in [-0.25, -0.2) is 9.59 Å². The third-order valence-electron chi connectivity index (χ3n) is 4.76. The minimum atomic E-state index is -0.880. The highest BCUT2D eigenvalue weighted by Crippen LogP contribution is 2.32. The maximum absolute atomic E-state index is 12.6. The molecule has 0 spiro atoms. The Kier molecular flexibility index (Phi) is 5.98. The van der Waals surface area contributed by atoms with Crippen LogP contribution in [0.25, 0.3) is 10.8 Å². The third-order valence-corrected chi connectivity index (χ3v) is 4.76. The van der Waals surface area contributed by atoms with Crippen LogP contribution in [-0.2, 0) is 14.3 Å². The minimum absolute atomic E-state index is 0.194. The molecule has 8 heteroatoms. The number of amides is 2. The van der Waals surface area contributed by atoms with Crippen LogP contribution in [0.2, 0.25) is 0 Å². The van der Waals surface area contributed by atoms with Gasteiger partial charge in [0.2, 0.25) is 0 Å². The summed E-state index contributed by atoms with van der Waals surface area (Å²) in [6, 6.07) is 10.4. The molecule has 1 saturated heterocycles. The fourth-order valence-corrected chi connectivity index (χ4v) is 3.26. The number of piperidine rings is 1. The molecule has 148 valence electrons. The summed E-state index contributed by atoms with van der Waals surface area (Å²) in [5, 5.41) is 13.6. The lowest BCUT2D eigenvalue weighted by Gasteiger charge is -2.30. The quantitative estimate of drug-likeness (QED) is 0.766. The molecule has 1 heterocycles. The number of likely N-dealkylation sites (tertiary alicyclic amines) is 1. The summed E-state index contributed by atoms with van der Waals surface area (Å²) in [4.78, 5) is 36.7. The second-order valence-electron chi connectivity index (χ2n) is 6.58. The topological polar surface area (TPSA) is 105 Å². The molecule has 0 radical (unpaired) electrons. The number of hydrogen-bond donors (Lipinski definition) is 2. The molecule has 1 aliphatic rings. The molecule has 3 rings (SSSR count). The number of nitrogens with zero attached hydrogens (tertiary/aromatic N) is 1. The van der Waals surface area contributed by atoms with Crippen molar-refractivity contribution in [3.63, 3.8) is 0 Å². The standard InChI is InChI=1S/C20H22N2O6/c1-27-18(23)12-28-17-9-8-16(14-6-2-3-7-15(14)17)21-20(26)22-10-4-5-13(11-22)19(24)25/h2-3,6-9,13H,4-5,10-12H2,1H3,(H,21,26)(H,24,25). The second-order valence-corrected chi connectivity index (χ2v) is 6.58. The van der Waals surface area contributed by atoms with Crippen molar-refractivity contribution in [2.75, 3.05) is 32.1 Å². The van der Waals surface area contributed by atoms with Crippen LogP contribution in [0.5, 0.6) is 5.75 Å². The van der Waals surface area contributed by atoms with Crippen molar-refractivity contribution in [2.45, 2.75) is 12.8 Å². The molecule has 2 amide bonds. The van der Waals surface area contributed by atoms with Crippen molar-refractivity contribution >= 4 is 34.4 Å². The number of carboxylic acids is 1. The lowest BCUT2D eigenvalue weighted by molar-refractivity contribution is -0.143. The molecule has 0 saturated carbocycles. The minimum Gasteiger partial charge on any atom is -0.481 e. The number of carbonyl (C=O) groups is 3. The fraction of sp³-hybridized carbons (Fsp3) is 0.350. The Morgan fingerprint density at radius 2 is 1.93 bits per heavy atom. The number of hydrogen-bond acceptors (Lipinski definition) is 5. The zero-order valence-electron chi connectivity index (χ0n) is 15.5. The molecule has 2 N–H and O–H groups in total. The summed E-state index contributed by atoms with van der Waals surface area (Å²) < 4.78 is 10.1. The van der Waals surface area contributed by atoms with Gasteiger partial charge in [-0.2, -0.15) is 0 Å². The molecule has 0 bridgehead atoms. The summed E-state index contributed by atoms with van der Waals surface area (Å²) in [6.07, 6.45) is 1.24. The number of nitrogens with one attached hydrogen (secondary N) is 1. The van der Waals surface area contributed by atoms with Crippen molar-refractivity contribution in [3.8, 4) is 5.75 Å². The van der Waals surface area contributed by atoms with Gasteiger partial charge in [0.1, 0.15) is 5.75 Å². The van der Waals surface area contributed by atoms with Gasteiger partial charge in [0.25, 0.3) is 0 Å². The Morgan fingerprint density at radius 3 is 2.64 bits per heavy atom. The zero-order chi connectivity index (χ0) is 20.1. The molecule has 1 atom stereocenters. The largest absolute Gasteiger partial charge is 0.481 e. The predicted molar refractivity (Wildman–Crippen MR) is 102 cm³/mol. The third kappa shape index (κ3) is 4.33. The van der Waals surface area contributed by atoms with Crippen molar-refractivity contribution in [3.05, 3.63) is 36.4 Å². The van der Waals surface area contributed by atoms with Gasteiger partial charge in [0.15, 0.2) is 6.61 Å². The smallest absolute Gasteiger partial charge is 0.343 e. The van der Waals surface area contributed by atoms with Gasteiger partial charge in [0, 0.05) is 23.9 Å². The molecule has 28 heavy (non-hydrogen) atoms. The lowest BCUT2D eigenvalue weighted by atomic mass is 9.99. The average Bonchev–Trinajstić information content (AvgIpc) is 2.72. The summed E-state index contributed by atoms with van der Waals surface area (Å²) in [7, 11) is 1.29. The molecule has 2 aromatic carbocycles. The number of urea groups is 1. The first-order valence-corrected chi connectivity index (χ1v) is 8.99. The van der Waals surface area contributed by atoms with Crippen LogP contribution in [0.1, 0.15) is 12.8 Å². The van der Waals surface area contributed by atoms with Gasteiger partial charge < -0.3 is 24.8 Å². The number of carbonyl (C=O) groups excluding carboxylic acids is 2. The number of anilines is 1. The van der Waals surface area contributed by atoms with E-state index in [-0.39, 0.29) is 19.2 Å². The van der Waals surface area contributed by atoms with Crippen LogP contribution in [0, 0.1) is 5.92 Å². The van der Waals surface area contributed by atoms with Crippen LogP contribution in [0.15, 0.2) is 36.4 Å². The van der Waals surface area contributed by atoms with E-state index >= 15 is 0 Å². The highest BCUT2D eigenvalue weighted by Gasteiger charge is 2.28. The van der Waals surface area contributed by atoms with E-state index in [4.69, 9.17) is 4.74 Å². The molecular formula is C20H22N2O6. The van der Waals surface area contributed by atoms with Crippen LogP contribution in [0.3, 0.4) is 0 Å². The number of esters is 1. The average molecular weight is 386 g/mol. The molecule has 2 aromatic rings. The summed E-state index contributed by atoms with van der Waals surface area (Å²) in [5.74, 6) is -1.40. The van der Waals surface area contributed by atoms with E-state index in [1.807, 2.05) is 24.3 Å². The van der Waals surface area contributed by atoms with Crippen molar-refractivity contribution in [1.82, 2.24) is 4.90 Å². The summed E-state index contributed by atoms with van der Waals surface area (Å²) >= 11 is 0. The Bertz CT molecular complexity index is 897. The maximum Gasteiger partial charge on any atom is 0.343 e. The van der Waals surface area contributed by atoms with Gasteiger partial charge in [0.05, 0.1) is 18.7 Å². The van der Waals surface area contributed by atoms with Crippen molar-refractivity contribution in [2.24, 2.45) is 5.92 Å². The van der Waals surface area contributed by atoms with Gasteiger partial charge in [-0.1, -0.05) is 24.3 Å². The number of methoxy groups -OCH3 is 1. The van der Waals surface area contributed by atoms with Gasteiger partial charge in [-0.05, 0) is 25.0 Å². The van der Waals surface area contributed by atoms with E-state index < -0.39 is 17.9 Å². The zero-order valence-corrected chi connectivity index (χ0v) is 15.5. The number of aliphatic carboxylic acids is 1. The van der Waals surface area contributed by atoms with E-state index in [0.717, 1.165) is 10.8 Å². The van der Waals surface area contributed by atoms with Crippen LogP contribution >= 0.6 is 0 Å². The molecule has 1 unspecified atom stereocenters. The SMILES string of the molecule is COC(=O)COc1ccc(NC(=O)N2CCCC(C(=O)O)C2)c2ccccc12. The van der Waals surface area contributed by atoms with E-state index in [9.17, 15) is 19.5 Å². The number of ether oxygens (including phenoxy) is 2. The number of benzene rings is 2. The van der Waals surface area contributed by atoms with Crippen LogP contribution < -0.4 is 10.1 Å². The van der Waals surface area contributed by atoms with Crippen LogP contribution in [-0.4, -0.2) is 54.8 Å². The monoisotopic (exact) mass is 386 g/mol. The lowest BCUT2D eigenvalue weighted by Crippen LogP contribution is -2.44. The normalized spacial score (nSPS) is 16.5. The van der Waals surface area contributed by atoms with Gasteiger partial charge in [-0.3, -0.25) is 4.79 Å².